The lowest BCUT2D eigenvalue weighted by Crippen LogP contribution is -2.24. The third-order valence-corrected chi connectivity index (χ3v) is 4.58. The fraction of sp³-hybridized carbons (Fsp3) is 0.500. The van der Waals surface area contributed by atoms with E-state index in [9.17, 15) is 0 Å². The molecule has 0 heterocycles. The van der Waals surface area contributed by atoms with Gasteiger partial charge in [0.25, 0.3) is 0 Å². The molecule has 1 aliphatic rings. The van der Waals surface area contributed by atoms with Crippen LogP contribution in [-0.4, -0.2) is 6.54 Å². The lowest BCUT2D eigenvalue weighted by Gasteiger charge is -2.26. The molecule has 0 spiro atoms. The maximum absolute atomic E-state index is 3.65. The van der Waals surface area contributed by atoms with Crippen LogP contribution in [0.5, 0.6) is 0 Å². The fourth-order valence-corrected chi connectivity index (χ4v) is 3.09. The molecule has 1 unspecified atom stereocenters. The van der Waals surface area contributed by atoms with Crippen LogP contribution in [-0.2, 0) is 0 Å². The van der Waals surface area contributed by atoms with Crippen molar-refractivity contribution >= 4 is 15.9 Å². The highest BCUT2D eigenvalue weighted by atomic mass is 79.9. The molecule has 1 aromatic rings. The van der Waals surface area contributed by atoms with Gasteiger partial charge in [-0.25, -0.2) is 0 Å². The molecular formula is C16H22BrN. The maximum atomic E-state index is 3.65. The molecule has 1 aliphatic carbocycles. The van der Waals surface area contributed by atoms with Crippen molar-refractivity contribution in [2.75, 3.05) is 6.54 Å². The van der Waals surface area contributed by atoms with Crippen molar-refractivity contribution in [2.45, 2.75) is 45.6 Å². The Labute approximate surface area is 119 Å². The Morgan fingerprint density at radius 2 is 2.17 bits per heavy atom. The van der Waals surface area contributed by atoms with E-state index in [1.54, 1.807) is 5.57 Å². The molecule has 0 bridgehead atoms. The van der Waals surface area contributed by atoms with Gasteiger partial charge in [0.2, 0.25) is 0 Å². The molecular weight excluding hydrogens is 286 g/mol. The number of hydrogen-bond donors (Lipinski definition) is 1. The first-order valence-electron chi connectivity index (χ1n) is 6.91. The summed E-state index contributed by atoms with van der Waals surface area (Å²) in [5, 5.41) is 3.65. The van der Waals surface area contributed by atoms with E-state index < -0.39 is 0 Å². The standard InChI is InChI=1S/C16H22BrN/c1-3-18-16(13-8-5-4-6-9-13)14-10-7-11-15(17)12(14)2/h7-8,10-11,16,18H,3-6,9H2,1-2H3. The number of benzene rings is 1. The normalized spacial score (nSPS) is 17.4. The number of allylic oxidation sites excluding steroid dienone is 1. The summed E-state index contributed by atoms with van der Waals surface area (Å²) in [6, 6.07) is 6.91. The van der Waals surface area contributed by atoms with Gasteiger partial charge >= 0.3 is 0 Å². The highest BCUT2D eigenvalue weighted by molar-refractivity contribution is 9.10. The van der Waals surface area contributed by atoms with E-state index in [-0.39, 0.29) is 0 Å². The van der Waals surface area contributed by atoms with Crippen molar-refractivity contribution in [1.29, 1.82) is 0 Å². The van der Waals surface area contributed by atoms with Gasteiger partial charge in [0.15, 0.2) is 0 Å². The minimum atomic E-state index is 0.396. The van der Waals surface area contributed by atoms with Crippen LogP contribution in [0.25, 0.3) is 0 Å². The molecule has 0 fully saturated rings. The summed E-state index contributed by atoms with van der Waals surface area (Å²) in [6.45, 7) is 5.39. The van der Waals surface area contributed by atoms with E-state index >= 15 is 0 Å². The molecule has 2 rings (SSSR count). The molecule has 0 aromatic heterocycles. The first-order valence-corrected chi connectivity index (χ1v) is 7.70. The predicted molar refractivity (Wildman–Crippen MR) is 81.8 cm³/mol. The molecule has 1 N–H and O–H groups in total. The number of nitrogens with one attached hydrogen (secondary N) is 1. The van der Waals surface area contributed by atoms with E-state index in [0.29, 0.717) is 6.04 Å². The van der Waals surface area contributed by atoms with Gasteiger partial charge < -0.3 is 5.32 Å². The molecule has 1 atom stereocenters. The average Bonchev–Trinajstić information content (AvgIpc) is 2.41. The van der Waals surface area contributed by atoms with Crippen LogP contribution in [0.15, 0.2) is 34.3 Å². The van der Waals surface area contributed by atoms with Gasteiger partial charge in [0, 0.05) is 4.47 Å². The number of hydrogen-bond acceptors (Lipinski definition) is 1. The van der Waals surface area contributed by atoms with Gasteiger partial charge in [-0.05, 0) is 56.3 Å². The Balaban J connectivity index is 2.34. The van der Waals surface area contributed by atoms with Crippen molar-refractivity contribution in [3.8, 4) is 0 Å². The first kappa shape index (κ1) is 13.8. The second-order valence-corrected chi connectivity index (χ2v) is 5.82. The lowest BCUT2D eigenvalue weighted by atomic mass is 9.88. The summed E-state index contributed by atoms with van der Waals surface area (Å²) >= 11 is 3.64. The lowest BCUT2D eigenvalue weighted by molar-refractivity contribution is 0.562. The van der Waals surface area contributed by atoms with Crippen molar-refractivity contribution in [2.24, 2.45) is 0 Å². The third-order valence-electron chi connectivity index (χ3n) is 3.73. The van der Waals surface area contributed by atoms with Crippen LogP contribution >= 0.6 is 15.9 Å². The Morgan fingerprint density at radius 3 is 2.83 bits per heavy atom. The smallest absolute Gasteiger partial charge is 0.0538 e. The van der Waals surface area contributed by atoms with E-state index in [1.165, 1.54) is 41.3 Å². The Hall–Kier alpha value is -0.600. The summed E-state index contributed by atoms with van der Waals surface area (Å²) in [7, 11) is 0. The minimum absolute atomic E-state index is 0.396. The predicted octanol–water partition coefficient (Wildman–Crippen LogP) is 4.91. The van der Waals surface area contributed by atoms with Crippen molar-refractivity contribution in [3.05, 3.63) is 45.4 Å². The van der Waals surface area contributed by atoms with Gasteiger partial charge in [0.05, 0.1) is 6.04 Å². The van der Waals surface area contributed by atoms with Gasteiger partial charge in [-0.2, -0.15) is 0 Å². The first-order chi connectivity index (χ1) is 8.74. The molecule has 0 saturated heterocycles. The molecule has 1 aromatic carbocycles. The Morgan fingerprint density at radius 1 is 1.33 bits per heavy atom. The monoisotopic (exact) mass is 307 g/mol. The van der Waals surface area contributed by atoms with Crippen LogP contribution in [0.4, 0.5) is 0 Å². The molecule has 0 saturated carbocycles. The van der Waals surface area contributed by atoms with Crippen LogP contribution in [0.2, 0.25) is 0 Å². The van der Waals surface area contributed by atoms with Gasteiger partial charge in [-0.15, -0.1) is 0 Å². The van der Waals surface area contributed by atoms with Crippen LogP contribution in [0.3, 0.4) is 0 Å². The molecule has 18 heavy (non-hydrogen) atoms. The molecule has 2 heteroatoms. The molecule has 98 valence electrons. The number of rotatable bonds is 4. The second kappa shape index (κ2) is 6.53. The van der Waals surface area contributed by atoms with Crippen molar-refractivity contribution in [1.82, 2.24) is 5.32 Å². The van der Waals surface area contributed by atoms with Crippen LogP contribution < -0.4 is 5.32 Å². The van der Waals surface area contributed by atoms with Gasteiger partial charge in [0.1, 0.15) is 0 Å². The van der Waals surface area contributed by atoms with Gasteiger partial charge in [-0.1, -0.05) is 46.6 Å². The molecule has 1 nitrogen and oxygen atoms in total. The third kappa shape index (κ3) is 3.04. The van der Waals surface area contributed by atoms with E-state index in [4.69, 9.17) is 0 Å². The zero-order chi connectivity index (χ0) is 13.0. The Kier molecular flexibility index (Phi) is 5.02. The zero-order valence-corrected chi connectivity index (χ0v) is 12.9. The summed E-state index contributed by atoms with van der Waals surface area (Å²) in [5.41, 5.74) is 4.35. The van der Waals surface area contributed by atoms with Crippen molar-refractivity contribution in [3.63, 3.8) is 0 Å². The fourth-order valence-electron chi connectivity index (χ4n) is 2.71. The van der Waals surface area contributed by atoms with Crippen LogP contribution in [0, 0.1) is 6.92 Å². The highest BCUT2D eigenvalue weighted by Gasteiger charge is 2.19. The second-order valence-electron chi connectivity index (χ2n) is 4.97. The molecule has 0 radical (unpaired) electrons. The highest BCUT2D eigenvalue weighted by Crippen LogP contribution is 2.33. The zero-order valence-electron chi connectivity index (χ0n) is 11.3. The molecule has 0 aliphatic heterocycles. The average molecular weight is 308 g/mol. The largest absolute Gasteiger partial charge is 0.307 e. The number of likely N-dealkylation sites (N-methyl/N-ethyl adjacent to an activating group) is 1. The maximum Gasteiger partial charge on any atom is 0.0538 e. The van der Waals surface area contributed by atoms with Gasteiger partial charge in [-0.3, -0.25) is 0 Å². The summed E-state index contributed by atoms with van der Waals surface area (Å²) in [6.07, 6.45) is 7.60. The topological polar surface area (TPSA) is 12.0 Å². The minimum Gasteiger partial charge on any atom is -0.307 e. The Bertz CT molecular complexity index is 437. The SMILES string of the molecule is CCNC(C1=CCCCC1)c1cccc(Br)c1C. The quantitative estimate of drug-likeness (QED) is 0.779. The van der Waals surface area contributed by atoms with Crippen LogP contribution in [0.1, 0.15) is 49.8 Å². The summed E-state index contributed by atoms with van der Waals surface area (Å²) < 4.78 is 1.21. The summed E-state index contributed by atoms with van der Waals surface area (Å²) in [5.74, 6) is 0. The van der Waals surface area contributed by atoms with Crippen molar-refractivity contribution < 1.29 is 0 Å². The van der Waals surface area contributed by atoms with E-state index in [0.717, 1.165) is 6.54 Å². The summed E-state index contributed by atoms with van der Waals surface area (Å²) in [4.78, 5) is 0. The van der Waals surface area contributed by atoms with E-state index in [2.05, 4.69) is 59.4 Å². The molecule has 0 amide bonds. The number of halogens is 1. The van der Waals surface area contributed by atoms with E-state index in [1.807, 2.05) is 0 Å².